The summed E-state index contributed by atoms with van der Waals surface area (Å²) in [5.74, 6) is 1.47. The molecule has 0 bridgehead atoms. The largest absolute Gasteiger partial charge is 0.465 e. The Bertz CT molecular complexity index is 1250. The van der Waals surface area contributed by atoms with Gasteiger partial charge in [-0.05, 0) is 52.3 Å². The number of aromatic nitrogens is 3. The first kappa shape index (κ1) is 19.5. The Morgan fingerprint density at radius 2 is 1.90 bits per heavy atom. The van der Waals surface area contributed by atoms with Crippen molar-refractivity contribution >= 4 is 22.9 Å². The van der Waals surface area contributed by atoms with Gasteiger partial charge in [0.15, 0.2) is 5.82 Å². The Kier molecular flexibility index (Phi) is 5.22. The molecule has 2 aromatic carbocycles. The van der Waals surface area contributed by atoms with Crippen LogP contribution in [0.5, 0.6) is 0 Å². The molecule has 2 aromatic heterocycles. The maximum absolute atomic E-state index is 11.7. The van der Waals surface area contributed by atoms with Crippen molar-refractivity contribution in [3.63, 3.8) is 0 Å². The zero-order valence-electron chi connectivity index (χ0n) is 17.1. The first-order valence-corrected chi connectivity index (χ1v) is 11.0. The van der Waals surface area contributed by atoms with Crippen LogP contribution in [0.25, 0.3) is 16.3 Å². The van der Waals surface area contributed by atoms with Crippen LogP contribution in [0, 0.1) is 0 Å². The summed E-state index contributed by atoms with van der Waals surface area (Å²) in [6.45, 7) is 0.631. The summed E-state index contributed by atoms with van der Waals surface area (Å²) in [4.78, 5) is 12.8. The van der Waals surface area contributed by atoms with E-state index in [4.69, 9.17) is 4.74 Å². The number of ether oxygens (including phenoxy) is 1. The highest BCUT2D eigenvalue weighted by atomic mass is 32.1. The van der Waals surface area contributed by atoms with E-state index in [-0.39, 0.29) is 5.97 Å². The molecule has 4 aromatic rings. The maximum atomic E-state index is 11.7. The zero-order chi connectivity index (χ0) is 21.2. The predicted octanol–water partition coefficient (Wildman–Crippen LogP) is 5.02. The number of hydrogen-bond acceptors (Lipinski definition) is 5. The SMILES string of the molecule is COC(=O)c1ccc(Cn2c(CC3=CCc4ccccc43)nnc2-c2cccs2)cc1. The van der Waals surface area contributed by atoms with E-state index < -0.39 is 0 Å². The van der Waals surface area contributed by atoms with Gasteiger partial charge in [-0.1, -0.05) is 48.5 Å². The van der Waals surface area contributed by atoms with Crippen LogP contribution in [-0.2, 0) is 24.1 Å². The lowest BCUT2D eigenvalue weighted by Crippen LogP contribution is -2.08. The standard InChI is InChI=1S/C25H21N3O2S/c1-30-25(29)19-10-8-17(9-11-19)16-28-23(26-27-24(28)22-7-4-14-31-22)15-20-13-12-18-5-2-3-6-21(18)20/h2-11,13-14H,12,15-16H2,1H3. The molecule has 5 nitrogen and oxygen atoms in total. The summed E-state index contributed by atoms with van der Waals surface area (Å²) in [5.41, 5.74) is 5.58. The third kappa shape index (κ3) is 3.82. The second kappa shape index (κ2) is 8.32. The number of carbonyl (C=O) groups is 1. The number of methoxy groups -OCH3 is 1. The summed E-state index contributed by atoms with van der Waals surface area (Å²) in [6, 6.07) is 20.1. The van der Waals surface area contributed by atoms with E-state index in [9.17, 15) is 4.79 Å². The second-order valence-corrected chi connectivity index (χ2v) is 8.41. The van der Waals surface area contributed by atoms with E-state index in [2.05, 4.69) is 56.6 Å². The first-order valence-electron chi connectivity index (χ1n) is 10.1. The van der Waals surface area contributed by atoms with Crippen molar-refractivity contribution in [3.05, 3.63) is 100 Å². The fourth-order valence-corrected chi connectivity index (χ4v) is 4.68. The van der Waals surface area contributed by atoms with E-state index >= 15 is 0 Å². The van der Waals surface area contributed by atoms with E-state index in [1.165, 1.54) is 23.8 Å². The molecular weight excluding hydrogens is 406 g/mol. The lowest BCUT2D eigenvalue weighted by Gasteiger charge is -2.12. The molecule has 0 spiro atoms. The van der Waals surface area contributed by atoms with Crippen LogP contribution in [0.2, 0.25) is 0 Å². The van der Waals surface area contributed by atoms with Crippen LogP contribution in [-0.4, -0.2) is 27.8 Å². The fourth-order valence-electron chi connectivity index (χ4n) is 3.96. The van der Waals surface area contributed by atoms with Crippen molar-refractivity contribution in [2.24, 2.45) is 0 Å². The molecule has 1 aliphatic rings. The number of hydrogen-bond donors (Lipinski definition) is 0. The van der Waals surface area contributed by atoms with Gasteiger partial charge in [-0.15, -0.1) is 21.5 Å². The van der Waals surface area contributed by atoms with Crippen molar-refractivity contribution in [3.8, 4) is 10.7 Å². The Hall–Kier alpha value is -3.51. The number of esters is 1. The minimum Gasteiger partial charge on any atom is -0.465 e. The molecule has 5 rings (SSSR count). The van der Waals surface area contributed by atoms with Crippen LogP contribution in [0.1, 0.15) is 32.9 Å². The number of allylic oxidation sites excluding steroid dienone is 2. The van der Waals surface area contributed by atoms with Gasteiger partial charge in [-0.2, -0.15) is 0 Å². The van der Waals surface area contributed by atoms with Gasteiger partial charge in [0.05, 0.1) is 24.1 Å². The maximum Gasteiger partial charge on any atom is 0.337 e. The molecule has 0 aliphatic heterocycles. The highest BCUT2D eigenvalue weighted by Crippen LogP contribution is 2.31. The van der Waals surface area contributed by atoms with Crippen LogP contribution >= 0.6 is 11.3 Å². The minimum atomic E-state index is -0.331. The lowest BCUT2D eigenvalue weighted by molar-refractivity contribution is 0.0600. The number of benzene rings is 2. The number of rotatable bonds is 6. The number of fused-ring (bicyclic) bond motifs is 1. The van der Waals surface area contributed by atoms with E-state index in [0.717, 1.165) is 34.9 Å². The third-order valence-corrected chi connectivity index (χ3v) is 6.43. The lowest BCUT2D eigenvalue weighted by atomic mass is 10.0. The van der Waals surface area contributed by atoms with Crippen molar-refractivity contribution in [2.75, 3.05) is 7.11 Å². The van der Waals surface area contributed by atoms with Crippen LogP contribution in [0.3, 0.4) is 0 Å². The smallest absolute Gasteiger partial charge is 0.337 e. The molecule has 2 heterocycles. The van der Waals surface area contributed by atoms with Crippen molar-refractivity contribution < 1.29 is 9.53 Å². The van der Waals surface area contributed by atoms with E-state index in [0.29, 0.717) is 12.1 Å². The molecule has 0 amide bonds. The van der Waals surface area contributed by atoms with Crippen LogP contribution in [0.4, 0.5) is 0 Å². The van der Waals surface area contributed by atoms with Gasteiger partial charge in [0.2, 0.25) is 0 Å². The van der Waals surface area contributed by atoms with Gasteiger partial charge in [-0.3, -0.25) is 0 Å². The molecule has 154 valence electrons. The number of carbonyl (C=O) groups excluding carboxylic acids is 1. The van der Waals surface area contributed by atoms with Gasteiger partial charge in [0.25, 0.3) is 0 Å². The van der Waals surface area contributed by atoms with E-state index in [1.54, 1.807) is 23.5 Å². The molecule has 0 saturated heterocycles. The van der Waals surface area contributed by atoms with Crippen molar-refractivity contribution in [1.29, 1.82) is 0 Å². The van der Waals surface area contributed by atoms with Gasteiger partial charge in [0, 0.05) is 6.42 Å². The summed E-state index contributed by atoms with van der Waals surface area (Å²) in [7, 11) is 1.39. The van der Waals surface area contributed by atoms with Crippen molar-refractivity contribution in [2.45, 2.75) is 19.4 Å². The minimum absolute atomic E-state index is 0.331. The Balaban J connectivity index is 1.48. The van der Waals surface area contributed by atoms with Gasteiger partial charge >= 0.3 is 5.97 Å². The second-order valence-electron chi connectivity index (χ2n) is 7.46. The summed E-state index contributed by atoms with van der Waals surface area (Å²) < 4.78 is 6.98. The number of thiophene rings is 1. The molecule has 6 heteroatoms. The molecule has 0 radical (unpaired) electrons. The van der Waals surface area contributed by atoms with Gasteiger partial charge in [0.1, 0.15) is 5.82 Å². The summed E-state index contributed by atoms with van der Waals surface area (Å²) in [5, 5.41) is 11.2. The Morgan fingerprint density at radius 3 is 2.68 bits per heavy atom. The normalized spacial score (nSPS) is 12.5. The summed E-state index contributed by atoms with van der Waals surface area (Å²) in [6.07, 6.45) is 3.99. The molecule has 0 fully saturated rings. The first-order chi connectivity index (χ1) is 15.2. The zero-order valence-corrected chi connectivity index (χ0v) is 17.9. The average molecular weight is 428 g/mol. The number of nitrogens with zero attached hydrogens (tertiary/aromatic N) is 3. The molecule has 0 saturated carbocycles. The topological polar surface area (TPSA) is 57.0 Å². The van der Waals surface area contributed by atoms with Gasteiger partial charge in [-0.25, -0.2) is 4.79 Å². The monoisotopic (exact) mass is 427 g/mol. The molecule has 0 atom stereocenters. The predicted molar refractivity (Wildman–Crippen MR) is 122 cm³/mol. The highest BCUT2D eigenvalue weighted by Gasteiger charge is 2.20. The molecule has 1 aliphatic carbocycles. The third-order valence-electron chi connectivity index (χ3n) is 5.56. The average Bonchev–Trinajstić information content (AvgIpc) is 3.55. The Morgan fingerprint density at radius 1 is 1.06 bits per heavy atom. The van der Waals surface area contributed by atoms with Crippen LogP contribution < -0.4 is 0 Å². The quantitative estimate of drug-likeness (QED) is 0.405. The molecule has 0 unspecified atom stereocenters. The van der Waals surface area contributed by atoms with Crippen molar-refractivity contribution in [1.82, 2.24) is 14.8 Å². The van der Waals surface area contributed by atoms with Crippen LogP contribution in [0.15, 0.2) is 72.1 Å². The molecule has 0 N–H and O–H groups in total. The van der Waals surface area contributed by atoms with E-state index in [1.807, 2.05) is 18.2 Å². The summed E-state index contributed by atoms with van der Waals surface area (Å²) >= 11 is 1.66. The highest BCUT2D eigenvalue weighted by molar-refractivity contribution is 7.13. The Labute approximate surface area is 184 Å². The fraction of sp³-hybridized carbons (Fsp3) is 0.160. The molecule has 31 heavy (non-hydrogen) atoms. The molecular formula is C25H21N3O2S. The van der Waals surface area contributed by atoms with Gasteiger partial charge < -0.3 is 9.30 Å².